The van der Waals surface area contributed by atoms with E-state index >= 15 is 0 Å². The minimum atomic E-state index is 0.982. The first-order valence-corrected chi connectivity index (χ1v) is 8.62. The molecule has 0 aromatic heterocycles. The maximum Gasteiger partial charge on any atom is 0.0360 e. The van der Waals surface area contributed by atoms with Crippen LogP contribution in [0, 0.1) is 0 Å². The lowest BCUT2D eigenvalue weighted by molar-refractivity contribution is 0.163. The molecule has 0 aliphatic carbocycles. The van der Waals surface area contributed by atoms with Gasteiger partial charge in [0.05, 0.1) is 0 Å². The summed E-state index contributed by atoms with van der Waals surface area (Å²) in [6.07, 6.45) is 4.89. The SMILES string of the molecule is C=Cc1cccc(CCN2CCN(C(=C)C(=C)P)CC2)c1C=C. The van der Waals surface area contributed by atoms with Crippen LogP contribution in [-0.2, 0) is 6.42 Å². The fourth-order valence-electron chi connectivity index (χ4n) is 3.00. The number of benzene rings is 1. The predicted molar refractivity (Wildman–Crippen MR) is 106 cm³/mol. The molecule has 3 heteroatoms. The van der Waals surface area contributed by atoms with Gasteiger partial charge in [-0.1, -0.05) is 56.7 Å². The fourth-order valence-corrected chi connectivity index (χ4v) is 3.18. The molecule has 0 amide bonds. The normalized spacial score (nSPS) is 15.3. The summed E-state index contributed by atoms with van der Waals surface area (Å²) < 4.78 is 0. The average molecular weight is 326 g/mol. The molecular weight excluding hydrogens is 299 g/mol. The van der Waals surface area contributed by atoms with E-state index < -0.39 is 0 Å². The molecule has 1 atom stereocenters. The molecule has 2 rings (SSSR count). The van der Waals surface area contributed by atoms with Gasteiger partial charge in [0.25, 0.3) is 0 Å². The molecule has 0 spiro atoms. The van der Waals surface area contributed by atoms with Crippen LogP contribution in [0.2, 0.25) is 0 Å². The number of rotatable bonds is 7. The molecule has 0 bridgehead atoms. The molecule has 1 fully saturated rings. The summed E-state index contributed by atoms with van der Waals surface area (Å²) >= 11 is 0. The minimum absolute atomic E-state index is 0.982. The van der Waals surface area contributed by atoms with Gasteiger partial charge in [-0.05, 0) is 28.4 Å². The quantitative estimate of drug-likeness (QED) is 0.551. The van der Waals surface area contributed by atoms with Crippen LogP contribution in [0.1, 0.15) is 16.7 Å². The predicted octanol–water partition coefficient (Wildman–Crippen LogP) is 4.04. The number of piperazine rings is 1. The van der Waals surface area contributed by atoms with E-state index in [9.17, 15) is 0 Å². The molecule has 23 heavy (non-hydrogen) atoms. The van der Waals surface area contributed by atoms with Crippen molar-refractivity contribution >= 4 is 21.4 Å². The molecule has 1 aromatic rings. The third kappa shape index (κ3) is 4.43. The summed E-state index contributed by atoms with van der Waals surface area (Å²) in [6, 6.07) is 6.39. The van der Waals surface area contributed by atoms with E-state index in [-0.39, 0.29) is 0 Å². The molecular formula is C20H27N2P. The van der Waals surface area contributed by atoms with Gasteiger partial charge in [0, 0.05) is 38.4 Å². The number of hydrogen-bond acceptors (Lipinski definition) is 2. The fraction of sp³-hybridized carbons (Fsp3) is 0.300. The maximum atomic E-state index is 4.10. The molecule has 1 aliphatic rings. The van der Waals surface area contributed by atoms with Gasteiger partial charge in [0.2, 0.25) is 0 Å². The second kappa shape index (κ2) is 8.29. The summed E-state index contributed by atoms with van der Waals surface area (Å²) in [7, 11) is 2.64. The highest BCUT2D eigenvalue weighted by molar-refractivity contribution is 7.23. The second-order valence-corrected chi connectivity index (χ2v) is 6.58. The lowest BCUT2D eigenvalue weighted by Crippen LogP contribution is -2.46. The first kappa shape index (κ1) is 17.7. The van der Waals surface area contributed by atoms with E-state index in [1.165, 1.54) is 11.1 Å². The Labute approximate surface area is 143 Å². The van der Waals surface area contributed by atoms with Crippen LogP contribution in [0.15, 0.2) is 55.5 Å². The van der Waals surface area contributed by atoms with Crippen molar-refractivity contribution in [3.8, 4) is 0 Å². The minimum Gasteiger partial charge on any atom is -0.369 e. The largest absolute Gasteiger partial charge is 0.369 e. The van der Waals surface area contributed by atoms with Crippen molar-refractivity contribution in [3.63, 3.8) is 0 Å². The van der Waals surface area contributed by atoms with Crippen LogP contribution in [0.5, 0.6) is 0 Å². The van der Waals surface area contributed by atoms with Gasteiger partial charge in [-0.15, -0.1) is 9.24 Å². The van der Waals surface area contributed by atoms with Gasteiger partial charge in [0.15, 0.2) is 0 Å². The lowest BCUT2D eigenvalue weighted by Gasteiger charge is -2.37. The zero-order valence-corrected chi connectivity index (χ0v) is 15.1. The first-order valence-electron chi connectivity index (χ1n) is 8.04. The molecule has 0 saturated carbocycles. The highest BCUT2D eigenvalue weighted by Crippen LogP contribution is 2.21. The molecule has 2 nitrogen and oxygen atoms in total. The first-order chi connectivity index (χ1) is 11.1. The summed E-state index contributed by atoms with van der Waals surface area (Å²) in [5.41, 5.74) is 4.77. The zero-order chi connectivity index (χ0) is 16.8. The Morgan fingerprint density at radius 1 is 1.09 bits per heavy atom. The molecule has 1 saturated heterocycles. The van der Waals surface area contributed by atoms with Gasteiger partial charge >= 0.3 is 0 Å². The molecule has 1 aromatic carbocycles. The Morgan fingerprint density at radius 3 is 2.35 bits per heavy atom. The van der Waals surface area contributed by atoms with Gasteiger partial charge in [-0.2, -0.15) is 0 Å². The third-order valence-corrected chi connectivity index (χ3v) is 4.81. The lowest BCUT2D eigenvalue weighted by atomic mass is 9.98. The van der Waals surface area contributed by atoms with Crippen molar-refractivity contribution in [1.29, 1.82) is 0 Å². The maximum absolute atomic E-state index is 4.10. The molecule has 1 heterocycles. The topological polar surface area (TPSA) is 6.48 Å². The van der Waals surface area contributed by atoms with Crippen LogP contribution in [0.3, 0.4) is 0 Å². The molecule has 0 radical (unpaired) electrons. The van der Waals surface area contributed by atoms with Gasteiger partial charge < -0.3 is 4.90 Å². The van der Waals surface area contributed by atoms with E-state index in [2.05, 4.69) is 63.6 Å². The second-order valence-electron chi connectivity index (χ2n) is 5.88. The summed E-state index contributed by atoms with van der Waals surface area (Å²) in [5.74, 6) is 0. The monoisotopic (exact) mass is 326 g/mol. The Hall–Kier alpha value is -1.63. The van der Waals surface area contributed by atoms with Crippen LogP contribution in [0.25, 0.3) is 12.2 Å². The van der Waals surface area contributed by atoms with Gasteiger partial charge in [-0.25, -0.2) is 0 Å². The summed E-state index contributed by atoms with van der Waals surface area (Å²) in [5, 5.41) is 0.982. The number of nitrogens with zero attached hydrogens (tertiary/aromatic N) is 2. The summed E-state index contributed by atoms with van der Waals surface area (Å²) in [4.78, 5) is 4.84. The Kier molecular flexibility index (Phi) is 6.38. The van der Waals surface area contributed by atoms with Crippen molar-refractivity contribution in [3.05, 3.63) is 72.2 Å². The van der Waals surface area contributed by atoms with Crippen molar-refractivity contribution in [1.82, 2.24) is 9.80 Å². The van der Waals surface area contributed by atoms with E-state index in [0.717, 1.165) is 55.7 Å². The van der Waals surface area contributed by atoms with E-state index in [1.807, 2.05) is 12.2 Å². The van der Waals surface area contributed by atoms with E-state index in [4.69, 9.17) is 0 Å². The van der Waals surface area contributed by atoms with Crippen LogP contribution < -0.4 is 0 Å². The van der Waals surface area contributed by atoms with Crippen LogP contribution >= 0.6 is 9.24 Å². The van der Waals surface area contributed by atoms with E-state index in [1.54, 1.807) is 0 Å². The molecule has 1 unspecified atom stereocenters. The Bertz CT molecular complexity index is 610. The summed E-state index contributed by atoms with van der Waals surface area (Å²) in [6.45, 7) is 21.2. The van der Waals surface area contributed by atoms with Gasteiger partial charge in [-0.3, -0.25) is 4.90 Å². The van der Waals surface area contributed by atoms with Gasteiger partial charge in [0.1, 0.15) is 0 Å². The van der Waals surface area contributed by atoms with Crippen molar-refractivity contribution in [2.75, 3.05) is 32.7 Å². The number of hydrogen-bond donors (Lipinski definition) is 0. The van der Waals surface area contributed by atoms with Crippen LogP contribution in [-0.4, -0.2) is 42.5 Å². The Balaban J connectivity index is 1.91. The van der Waals surface area contributed by atoms with Crippen molar-refractivity contribution < 1.29 is 0 Å². The van der Waals surface area contributed by atoms with Crippen molar-refractivity contribution in [2.45, 2.75) is 6.42 Å². The van der Waals surface area contributed by atoms with Crippen molar-refractivity contribution in [2.24, 2.45) is 0 Å². The van der Waals surface area contributed by atoms with Crippen LogP contribution in [0.4, 0.5) is 0 Å². The van der Waals surface area contributed by atoms with E-state index in [0.29, 0.717) is 0 Å². The molecule has 0 N–H and O–H groups in total. The highest BCUT2D eigenvalue weighted by Gasteiger charge is 2.18. The average Bonchev–Trinajstić information content (AvgIpc) is 2.59. The standard InChI is InChI=1S/C20H27N2P/c1-5-18-8-7-9-19(20(18)6-2)10-11-21-12-14-22(15-13-21)16(3)17(4)23/h5-9H,1-4,10-15,23H2. The molecule has 122 valence electrons. The smallest absolute Gasteiger partial charge is 0.0360 e. The number of allylic oxidation sites excluding steroid dienone is 1. The molecule has 1 aliphatic heterocycles. The Morgan fingerprint density at radius 2 is 1.78 bits per heavy atom. The highest BCUT2D eigenvalue weighted by atomic mass is 31.0. The third-order valence-electron chi connectivity index (χ3n) is 4.48. The zero-order valence-electron chi connectivity index (χ0n) is 13.9.